The molecule has 1 aromatic carbocycles. The van der Waals surface area contributed by atoms with E-state index in [1.807, 2.05) is 18.2 Å². The van der Waals surface area contributed by atoms with Gasteiger partial charge in [0.05, 0.1) is 10.2 Å². The fourth-order valence-electron chi connectivity index (χ4n) is 4.23. The molecule has 29 heavy (non-hydrogen) atoms. The van der Waals surface area contributed by atoms with Crippen molar-refractivity contribution >= 4 is 55.1 Å². The van der Waals surface area contributed by atoms with Crippen LogP contribution in [0, 0.1) is 0 Å². The Morgan fingerprint density at radius 1 is 1.10 bits per heavy atom. The van der Waals surface area contributed by atoms with Crippen molar-refractivity contribution in [1.82, 2.24) is 15.0 Å². The van der Waals surface area contributed by atoms with Gasteiger partial charge in [-0.2, -0.15) is 0 Å². The number of thiophene rings is 1. The number of pyridine rings is 1. The van der Waals surface area contributed by atoms with E-state index in [1.165, 1.54) is 35.0 Å². The molecule has 0 bridgehead atoms. The van der Waals surface area contributed by atoms with Crippen LogP contribution >= 0.6 is 34.7 Å². The standard InChI is InChI=1S/C23H22ClN3S2/c1-2-7-18-15-9-4-5-10-16(15)19-20-21(29-22(19)27-18)23(26-13-25-20)28-12-14-8-3-6-11-17(14)24/h3,6,8,11,13H,2,4-5,7,9-10,12H2,1H3. The Labute approximate surface area is 183 Å². The summed E-state index contributed by atoms with van der Waals surface area (Å²) < 4.78 is 1.16. The van der Waals surface area contributed by atoms with Crippen molar-refractivity contribution in [3.05, 3.63) is 58.0 Å². The quantitative estimate of drug-likeness (QED) is 0.247. The molecule has 6 heteroatoms. The fourth-order valence-corrected chi connectivity index (χ4v) is 6.76. The lowest BCUT2D eigenvalue weighted by Gasteiger charge is -2.19. The van der Waals surface area contributed by atoms with Crippen LogP contribution in [0.3, 0.4) is 0 Å². The maximum Gasteiger partial charge on any atom is 0.126 e. The molecule has 0 fully saturated rings. The summed E-state index contributed by atoms with van der Waals surface area (Å²) in [4.78, 5) is 15.6. The molecular formula is C23H22ClN3S2. The largest absolute Gasteiger partial charge is 0.242 e. The van der Waals surface area contributed by atoms with Crippen molar-refractivity contribution in [2.24, 2.45) is 0 Å². The van der Waals surface area contributed by atoms with Crippen LogP contribution in [0.2, 0.25) is 5.02 Å². The van der Waals surface area contributed by atoms with E-state index >= 15 is 0 Å². The van der Waals surface area contributed by atoms with Crippen LogP contribution in [0.25, 0.3) is 20.4 Å². The third-order valence-electron chi connectivity index (χ3n) is 5.58. The number of nitrogens with zero attached hydrogens (tertiary/aromatic N) is 3. The summed E-state index contributed by atoms with van der Waals surface area (Å²) >= 11 is 9.83. The summed E-state index contributed by atoms with van der Waals surface area (Å²) in [6, 6.07) is 8.02. The minimum absolute atomic E-state index is 0.798. The van der Waals surface area contributed by atoms with Crippen molar-refractivity contribution in [3.8, 4) is 0 Å². The number of fused-ring (bicyclic) bond motifs is 5. The maximum atomic E-state index is 6.35. The predicted octanol–water partition coefficient (Wildman–Crippen LogP) is 7.02. The minimum Gasteiger partial charge on any atom is -0.242 e. The lowest BCUT2D eigenvalue weighted by atomic mass is 9.88. The molecule has 0 saturated heterocycles. The average Bonchev–Trinajstić information content (AvgIpc) is 3.13. The Bertz CT molecular complexity index is 1200. The summed E-state index contributed by atoms with van der Waals surface area (Å²) in [5.41, 5.74) is 6.51. The van der Waals surface area contributed by atoms with E-state index in [4.69, 9.17) is 21.6 Å². The third kappa shape index (κ3) is 3.54. The van der Waals surface area contributed by atoms with Crippen LogP contribution in [0.5, 0.6) is 0 Å². The molecule has 0 unspecified atom stereocenters. The minimum atomic E-state index is 0.798. The highest BCUT2D eigenvalue weighted by Gasteiger charge is 2.23. The van der Waals surface area contributed by atoms with E-state index in [1.54, 1.807) is 29.4 Å². The smallest absolute Gasteiger partial charge is 0.126 e. The van der Waals surface area contributed by atoms with Crippen molar-refractivity contribution in [3.63, 3.8) is 0 Å². The van der Waals surface area contributed by atoms with Crippen molar-refractivity contribution in [1.29, 1.82) is 0 Å². The van der Waals surface area contributed by atoms with Gasteiger partial charge in [0.25, 0.3) is 0 Å². The van der Waals surface area contributed by atoms with E-state index in [2.05, 4.69) is 18.0 Å². The lowest BCUT2D eigenvalue weighted by Crippen LogP contribution is -2.09. The van der Waals surface area contributed by atoms with Crippen LogP contribution in [0.1, 0.15) is 48.6 Å². The fraction of sp³-hybridized carbons (Fsp3) is 0.348. The van der Waals surface area contributed by atoms with E-state index in [0.717, 1.165) is 62.1 Å². The van der Waals surface area contributed by atoms with Crippen molar-refractivity contribution in [2.75, 3.05) is 0 Å². The number of aryl methyl sites for hydroxylation is 2. The highest BCUT2D eigenvalue weighted by atomic mass is 35.5. The van der Waals surface area contributed by atoms with Gasteiger partial charge in [0.1, 0.15) is 16.2 Å². The second-order valence-corrected chi connectivity index (χ2v) is 9.86. The zero-order valence-electron chi connectivity index (χ0n) is 16.4. The summed E-state index contributed by atoms with van der Waals surface area (Å²) in [6.45, 7) is 2.24. The molecule has 5 rings (SSSR count). The summed E-state index contributed by atoms with van der Waals surface area (Å²) in [5, 5.41) is 3.11. The molecule has 0 radical (unpaired) electrons. The zero-order valence-corrected chi connectivity index (χ0v) is 18.8. The Balaban J connectivity index is 1.62. The molecule has 0 spiro atoms. The van der Waals surface area contributed by atoms with Crippen LogP contribution in [0.4, 0.5) is 0 Å². The average molecular weight is 440 g/mol. The number of hydrogen-bond donors (Lipinski definition) is 0. The first kappa shape index (κ1) is 19.3. The molecular weight excluding hydrogens is 418 g/mol. The van der Waals surface area contributed by atoms with Gasteiger partial charge in [-0.3, -0.25) is 0 Å². The Morgan fingerprint density at radius 3 is 2.76 bits per heavy atom. The number of aromatic nitrogens is 3. The molecule has 3 heterocycles. The first-order chi connectivity index (χ1) is 14.3. The number of hydrogen-bond acceptors (Lipinski definition) is 5. The first-order valence-electron chi connectivity index (χ1n) is 10.2. The normalized spacial score (nSPS) is 13.9. The number of halogens is 1. The second kappa shape index (κ2) is 8.21. The molecule has 3 aromatic heterocycles. The van der Waals surface area contributed by atoms with E-state index in [0.29, 0.717) is 0 Å². The Hall–Kier alpha value is -1.69. The van der Waals surface area contributed by atoms with Gasteiger partial charge >= 0.3 is 0 Å². The SMILES string of the molecule is CCCc1nc2sc3c(SCc4ccccc4Cl)ncnc3c2c2c1CCCC2. The number of rotatable bonds is 5. The van der Waals surface area contributed by atoms with E-state index < -0.39 is 0 Å². The van der Waals surface area contributed by atoms with Gasteiger partial charge in [0.15, 0.2) is 0 Å². The summed E-state index contributed by atoms with van der Waals surface area (Å²) in [6.07, 6.45) is 8.73. The van der Waals surface area contributed by atoms with Gasteiger partial charge in [0.2, 0.25) is 0 Å². The number of thioether (sulfide) groups is 1. The zero-order chi connectivity index (χ0) is 19.8. The van der Waals surface area contributed by atoms with Gasteiger partial charge < -0.3 is 0 Å². The molecule has 1 aliphatic rings. The third-order valence-corrected chi connectivity index (χ3v) is 8.20. The van der Waals surface area contributed by atoms with E-state index in [9.17, 15) is 0 Å². The highest BCUT2D eigenvalue weighted by Crippen LogP contribution is 2.42. The van der Waals surface area contributed by atoms with Crippen LogP contribution in [-0.4, -0.2) is 15.0 Å². The van der Waals surface area contributed by atoms with E-state index in [-0.39, 0.29) is 0 Å². The highest BCUT2D eigenvalue weighted by molar-refractivity contribution is 7.98. The maximum absolute atomic E-state index is 6.35. The molecule has 3 nitrogen and oxygen atoms in total. The molecule has 4 aromatic rings. The van der Waals surface area contributed by atoms with Crippen LogP contribution in [0.15, 0.2) is 35.6 Å². The molecule has 0 saturated carbocycles. The van der Waals surface area contributed by atoms with Crippen molar-refractivity contribution in [2.45, 2.75) is 56.2 Å². The molecule has 0 atom stereocenters. The lowest BCUT2D eigenvalue weighted by molar-refractivity contribution is 0.675. The molecule has 0 amide bonds. The Morgan fingerprint density at radius 2 is 1.93 bits per heavy atom. The van der Waals surface area contributed by atoms with Gasteiger partial charge in [-0.05, 0) is 54.9 Å². The first-order valence-corrected chi connectivity index (χ1v) is 12.4. The second-order valence-electron chi connectivity index (χ2n) is 7.49. The molecule has 0 aliphatic heterocycles. The number of benzene rings is 1. The summed E-state index contributed by atoms with van der Waals surface area (Å²) in [5.74, 6) is 0.798. The Kier molecular flexibility index (Phi) is 5.46. The van der Waals surface area contributed by atoms with Gasteiger partial charge in [-0.25, -0.2) is 15.0 Å². The molecule has 0 N–H and O–H groups in total. The van der Waals surface area contributed by atoms with Crippen LogP contribution in [-0.2, 0) is 25.0 Å². The van der Waals surface area contributed by atoms with Crippen LogP contribution < -0.4 is 0 Å². The predicted molar refractivity (Wildman–Crippen MR) is 124 cm³/mol. The monoisotopic (exact) mass is 439 g/mol. The molecule has 1 aliphatic carbocycles. The van der Waals surface area contributed by atoms with Gasteiger partial charge in [-0.15, -0.1) is 23.1 Å². The van der Waals surface area contributed by atoms with Crippen molar-refractivity contribution < 1.29 is 0 Å². The van der Waals surface area contributed by atoms with Gasteiger partial charge in [-0.1, -0.05) is 43.1 Å². The molecule has 148 valence electrons. The summed E-state index contributed by atoms with van der Waals surface area (Å²) in [7, 11) is 0. The topological polar surface area (TPSA) is 38.7 Å². The van der Waals surface area contributed by atoms with Gasteiger partial charge in [0, 0.05) is 21.9 Å².